The number of hydrogen-bond acceptors (Lipinski definition) is 6. The number of carbonyl (C=O) groups is 1. The van der Waals surface area contributed by atoms with Gasteiger partial charge < -0.3 is 24.7 Å². The zero-order chi connectivity index (χ0) is 22.2. The Morgan fingerprint density at radius 2 is 2.00 bits per heavy atom. The number of nitrogens with zero attached hydrogens (tertiary/aromatic N) is 4. The van der Waals surface area contributed by atoms with Crippen LogP contribution >= 0.6 is 0 Å². The molecule has 0 radical (unpaired) electrons. The number of amides is 1. The van der Waals surface area contributed by atoms with Crippen LogP contribution in [0.4, 0.5) is 16.4 Å². The Kier molecular flexibility index (Phi) is 6.96. The molecule has 0 unspecified atom stereocenters. The van der Waals surface area contributed by atoms with Crippen molar-refractivity contribution in [1.29, 1.82) is 0 Å². The molecule has 1 fully saturated rings. The molecule has 3 heterocycles. The van der Waals surface area contributed by atoms with Gasteiger partial charge in [-0.1, -0.05) is 37.8 Å². The summed E-state index contributed by atoms with van der Waals surface area (Å²) in [5.41, 5.74) is 2.52. The van der Waals surface area contributed by atoms with E-state index < -0.39 is 6.09 Å². The van der Waals surface area contributed by atoms with Gasteiger partial charge in [-0.3, -0.25) is 0 Å². The summed E-state index contributed by atoms with van der Waals surface area (Å²) >= 11 is 0. The Morgan fingerprint density at radius 3 is 2.72 bits per heavy atom. The number of oxazole rings is 1. The summed E-state index contributed by atoms with van der Waals surface area (Å²) in [6.45, 7) is 1.04. The van der Waals surface area contributed by atoms with Crippen molar-refractivity contribution in [2.24, 2.45) is 0 Å². The zero-order valence-corrected chi connectivity index (χ0v) is 17.7. The summed E-state index contributed by atoms with van der Waals surface area (Å²) in [6, 6.07) is 9.64. The fraction of sp³-hybridized carbons (Fsp3) is 0.304. The van der Waals surface area contributed by atoms with E-state index in [1.54, 1.807) is 12.4 Å². The maximum atomic E-state index is 10.5. The summed E-state index contributed by atoms with van der Waals surface area (Å²) in [5.74, 6) is 1.16. The van der Waals surface area contributed by atoms with E-state index in [1.165, 1.54) is 32.1 Å². The van der Waals surface area contributed by atoms with Gasteiger partial charge in [0.05, 0.1) is 6.20 Å². The number of carboxylic acid groups (broad SMARTS) is 1. The quantitative estimate of drug-likeness (QED) is 0.348. The van der Waals surface area contributed by atoms with Crippen LogP contribution < -0.4 is 10.6 Å². The first-order valence-electron chi connectivity index (χ1n) is 10.7. The van der Waals surface area contributed by atoms with Gasteiger partial charge in [0.2, 0.25) is 5.95 Å². The van der Waals surface area contributed by atoms with Crippen LogP contribution in [0.15, 0.2) is 59.7 Å². The number of aromatic nitrogens is 4. The molecule has 0 atom stereocenters. The van der Waals surface area contributed by atoms with Gasteiger partial charge in [-0.15, -0.1) is 0 Å². The van der Waals surface area contributed by atoms with E-state index in [9.17, 15) is 4.79 Å². The maximum absolute atomic E-state index is 10.5. The summed E-state index contributed by atoms with van der Waals surface area (Å²) in [6.07, 6.45) is 12.4. The van der Waals surface area contributed by atoms with E-state index in [4.69, 9.17) is 9.52 Å². The molecule has 32 heavy (non-hydrogen) atoms. The van der Waals surface area contributed by atoms with Gasteiger partial charge >= 0.3 is 6.09 Å². The van der Waals surface area contributed by atoms with Crippen LogP contribution in [0.2, 0.25) is 0 Å². The zero-order valence-electron chi connectivity index (χ0n) is 17.7. The average Bonchev–Trinajstić information content (AvgIpc) is 3.40. The molecule has 0 aliphatic heterocycles. The summed E-state index contributed by atoms with van der Waals surface area (Å²) in [4.78, 5) is 23.4. The normalized spacial score (nSPS) is 12.5. The summed E-state index contributed by atoms with van der Waals surface area (Å²) < 4.78 is 7.32. The Bertz CT molecular complexity index is 1150. The summed E-state index contributed by atoms with van der Waals surface area (Å²) in [7, 11) is 0. The highest BCUT2D eigenvalue weighted by atomic mass is 16.4. The number of anilines is 2. The maximum Gasteiger partial charge on any atom is 0.404 e. The molecule has 1 saturated carbocycles. The van der Waals surface area contributed by atoms with Crippen LogP contribution in [0.1, 0.15) is 32.1 Å². The number of nitrogens with one attached hydrogen (secondary N) is 2. The standard InChI is InChI=1S/C19H18N6O3.C4H8/c26-19(27)21-6-2-7-25-8-5-14-10-22-18(24-17(14)25)23-15-4-1-3-13(9-15)16-11-20-12-28-16;1-2-4-3-1/h1,3-5,8-12,21H,2,6-7H2,(H,26,27)(H,22,23,24);1-4H2. The first-order valence-corrected chi connectivity index (χ1v) is 10.7. The lowest BCUT2D eigenvalue weighted by Gasteiger charge is -2.08. The van der Waals surface area contributed by atoms with Crippen molar-refractivity contribution in [1.82, 2.24) is 24.8 Å². The molecular formula is C23H26N6O3. The third-order valence-corrected chi connectivity index (χ3v) is 5.19. The van der Waals surface area contributed by atoms with Gasteiger partial charge in [0, 0.05) is 42.1 Å². The molecule has 166 valence electrons. The SMILES string of the molecule is C1CCC1.O=C(O)NCCCn1ccc2cnc(Nc3cccc(-c4cnco4)c3)nc21. The number of rotatable bonds is 7. The summed E-state index contributed by atoms with van der Waals surface area (Å²) in [5, 5.41) is 15.1. The van der Waals surface area contributed by atoms with Crippen molar-refractivity contribution in [3.63, 3.8) is 0 Å². The van der Waals surface area contributed by atoms with E-state index in [0.29, 0.717) is 31.2 Å². The third-order valence-electron chi connectivity index (χ3n) is 5.19. The third kappa shape index (κ3) is 5.63. The van der Waals surface area contributed by atoms with Crippen LogP contribution in [0, 0.1) is 0 Å². The molecule has 9 heteroatoms. The lowest BCUT2D eigenvalue weighted by Crippen LogP contribution is -2.22. The second-order valence-corrected chi connectivity index (χ2v) is 7.55. The molecule has 0 bridgehead atoms. The largest absolute Gasteiger partial charge is 0.465 e. The minimum absolute atomic E-state index is 0.389. The minimum atomic E-state index is -1.02. The molecule has 3 N–H and O–H groups in total. The molecule has 5 rings (SSSR count). The number of fused-ring (bicyclic) bond motifs is 1. The van der Waals surface area contributed by atoms with Crippen molar-refractivity contribution in [3.05, 3.63) is 55.3 Å². The monoisotopic (exact) mass is 434 g/mol. The number of aryl methyl sites for hydroxylation is 1. The molecule has 0 spiro atoms. The van der Waals surface area contributed by atoms with Crippen molar-refractivity contribution in [3.8, 4) is 11.3 Å². The number of hydrogen-bond donors (Lipinski definition) is 3. The Labute approximate surface area is 185 Å². The molecule has 1 aromatic carbocycles. The highest BCUT2D eigenvalue weighted by Gasteiger charge is 2.08. The van der Waals surface area contributed by atoms with Gasteiger partial charge in [-0.25, -0.2) is 14.8 Å². The molecule has 1 aliphatic carbocycles. The number of benzene rings is 1. The minimum Gasteiger partial charge on any atom is -0.465 e. The van der Waals surface area contributed by atoms with E-state index in [2.05, 4.69) is 25.6 Å². The second kappa shape index (κ2) is 10.4. The molecular weight excluding hydrogens is 408 g/mol. The Balaban J connectivity index is 0.000000552. The fourth-order valence-electron chi connectivity index (χ4n) is 3.14. The van der Waals surface area contributed by atoms with Crippen LogP contribution in [0.5, 0.6) is 0 Å². The lowest BCUT2D eigenvalue weighted by molar-refractivity contribution is 0.194. The Morgan fingerprint density at radius 1 is 1.16 bits per heavy atom. The first kappa shape index (κ1) is 21.4. The van der Waals surface area contributed by atoms with E-state index >= 15 is 0 Å². The predicted octanol–water partition coefficient (Wildman–Crippen LogP) is 5.05. The van der Waals surface area contributed by atoms with Crippen molar-refractivity contribution >= 4 is 28.8 Å². The first-order chi connectivity index (χ1) is 15.7. The van der Waals surface area contributed by atoms with E-state index in [0.717, 1.165) is 22.3 Å². The van der Waals surface area contributed by atoms with Gasteiger partial charge in [-0.05, 0) is 24.6 Å². The Hall–Kier alpha value is -3.88. The molecule has 3 aromatic heterocycles. The highest BCUT2D eigenvalue weighted by Crippen LogP contribution is 2.24. The van der Waals surface area contributed by atoms with Crippen molar-refractivity contribution in [2.75, 3.05) is 11.9 Å². The van der Waals surface area contributed by atoms with Gasteiger partial charge in [-0.2, -0.15) is 4.98 Å². The topological polar surface area (TPSA) is 118 Å². The molecule has 1 aliphatic rings. The molecule has 0 saturated heterocycles. The van der Waals surface area contributed by atoms with Crippen LogP contribution in [0.25, 0.3) is 22.4 Å². The predicted molar refractivity (Wildman–Crippen MR) is 122 cm³/mol. The lowest BCUT2D eigenvalue weighted by atomic mass is 10.0. The van der Waals surface area contributed by atoms with Crippen LogP contribution in [-0.2, 0) is 6.54 Å². The van der Waals surface area contributed by atoms with Crippen molar-refractivity contribution in [2.45, 2.75) is 38.6 Å². The van der Waals surface area contributed by atoms with E-state index in [1.807, 2.05) is 41.1 Å². The molecule has 4 aromatic rings. The van der Waals surface area contributed by atoms with Gasteiger partial charge in [0.15, 0.2) is 12.2 Å². The smallest absolute Gasteiger partial charge is 0.404 e. The van der Waals surface area contributed by atoms with Crippen LogP contribution in [0.3, 0.4) is 0 Å². The molecule has 9 nitrogen and oxygen atoms in total. The van der Waals surface area contributed by atoms with Crippen LogP contribution in [-0.4, -0.2) is 37.3 Å². The highest BCUT2D eigenvalue weighted by molar-refractivity contribution is 5.77. The average molecular weight is 435 g/mol. The van der Waals surface area contributed by atoms with Crippen molar-refractivity contribution < 1.29 is 14.3 Å². The van der Waals surface area contributed by atoms with Gasteiger partial charge in [0.1, 0.15) is 5.65 Å². The van der Waals surface area contributed by atoms with Gasteiger partial charge in [0.25, 0.3) is 0 Å². The second-order valence-electron chi connectivity index (χ2n) is 7.55. The molecule has 1 amide bonds. The fourth-order valence-corrected chi connectivity index (χ4v) is 3.14. The van der Waals surface area contributed by atoms with E-state index in [-0.39, 0.29) is 0 Å².